The number of nitriles is 1. The van der Waals surface area contributed by atoms with Gasteiger partial charge in [0.2, 0.25) is 5.91 Å². The number of methoxy groups -OCH3 is 1. The monoisotopic (exact) mass is 351 g/mol. The van der Waals surface area contributed by atoms with Crippen LogP contribution >= 0.6 is 0 Å². The van der Waals surface area contributed by atoms with Crippen molar-refractivity contribution in [3.05, 3.63) is 36.0 Å². The third-order valence-corrected chi connectivity index (χ3v) is 6.22. The van der Waals surface area contributed by atoms with Crippen LogP contribution in [0.4, 0.5) is 5.82 Å². The summed E-state index contributed by atoms with van der Waals surface area (Å²) in [5, 5.41) is 10.1. The molecule has 1 amide bonds. The van der Waals surface area contributed by atoms with E-state index < -0.39 is 11.3 Å². The molecule has 1 spiro atoms. The molecule has 0 aromatic carbocycles. The fourth-order valence-electron chi connectivity index (χ4n) is 5.52. The highest BCUT2D eigenvalue weighted by molar-refractivity contribution is 6.09. The molecule has 0 saturated heterocycles. The van der Waals surface area contributed by atoms with Crippen molar-refractivity contribution in [2.75, 3.05) is 18.7 Å². The highest BCUT2D eigenvalue weighted by Crippen LogP contribution is 2.64. The number of aromatic nitrogens is 1. The number of nitrogens with zero attached hydrogens (tertiary/aromatic N) is 3. The van der Waals surface area contributed by atoms with Gasteiger partial charge in [-0.25, -0.2) is 4.98 Å². The second-order valence-electron chi connectivity index (χ2n) is 7.64. The first-order valence-electron chi connectivity index (χ1n) is 8.88. The van der Waals surface area contributed by atoms with Crippen molar-refractivity contribution >= 4 is 17.5 Å². The van der Waals surface area contributed by atoms with Crippen LogP contribution in [-0.4, -0.2) is 30.5 Å². The summed E-state index contributed by atoms with van der Waals surface area (Å²) in [4.78, 5) is 32.3. The predicted molar refractivity (Wildman–Crippen MR) is 93.8 cm³/mol. The minimum Gasteiger partial charge on any atom is -0.364 e. The third kappa shape index (κ3) is 1.81. The van der Waals surface area contributed by atoms with Gasteiger partial charge in [0, 0.05) is 30.7 Å². The van der Waals surface area contributed by atoms with Gasteiger partial charge in [-0.3, -0.25) is 14.5 Å². The van der Waals surface area contributed by atoms with Gasteiger partial charge in [0.15, 0.2) is 5.78 Å². The molecule has 2 aliphatic carbocycles. The fraction of sp³-hybridized carbons (Fsp3) is 0.500. The minimum atomic E-state index is -1.05. The molecule has 0 N–H and O–H groups in total. The molecule has 134 valence electrons. The van der Waals surface area contributed by atoms with Crippen LogP contribution in [0.25, 0.3) is 0 Å². The average Bonchev–Trinajstić information content (AvgIpc) is 3.21. The summed E-state index contributed by atoms with van der Waals surface area (Å²) >= 11 is 0. The molecule has 2 heterocycles. The van der Waals surface area contributed by atoms with E-state index in [4.69, 9.17) is 4.74 Å². The Labute approximate surface area is 152 Å². The molecule has 0 radical (unpaired) electrons. The van der Waals surface area contributed by atoms with Crippen LogP contribution < -0.4 is 4.90 Å². The Morgan fingerprint density at radius 2 is 2.19 bits per heavy atom. The molecule has 26 heavy (non-hydrogen) atoms. The molecule has 3 aliphatic rings. The maximum atomic E-state index is 13.7. The van der Waals surface area contributed by atoms with Gasteiger partial charge < -0.3 is 4.74 Å². The number of pyridine rings is 1. The number of ether oxygens (including phenoxy) is 1. The van der Waals surface area contributed by atoms with Gasteiger partial charge in [-0.15, -0.1) is 0 Å². The summed E-state index contributed by atoms with van der Waals surface area (Å²) in [6, 6.07) is 6.06. The van der Waals surface area contributed by atoms with Gasteiger partial charge in [0.25, 0.3) is 0 Å². The number of carbonyl (C=O) groups excluding carboxylic acids is 2. The van der Waals surface area contributed by atoms with Crippen molar-refractivity contribution in [1.82, 2.24) is 4.98 Å². The zero-order valence-corrected chi connectivity index (χ0v) is 15.0. The standard InChI is InChI=1S/C20H21N3O3/c1-11(2)17-16-12(6-7-15(16)24)14(9-21)20(17)13-5-4-8-22-18(13)23(10-26-3)19(20)25/h4-8,11-12,14,16-17H,10H2,1-3H3/t12-,14-,16+,17+,20+/m0/s1. The smallest absolute Gasteiger partial charge is 0.242 e. The Bertz CT molecular complexity index is 856. The zero-order chi connectivity index (χ0) is 18.6. The molecule has 4 rings (SSSR count). The number of amides is 1. The van der Waals surface area contributed by atoms with Gasteiger partial charge in [0.1, 0.15) is 12.5 Å². The van der Waals surface area contributed by atoms with Gasteiger partial charge in [-0.05, 0) is 24.0 Å². The lowest BCUT2D eigenvalue weighted by Gasteiger charge is -2.36. The van der Waals surface area contributed by atoms with Crippen molar-refractivity contribution in [1.29, 1.82) is 5.26 Å². The van der Waals surface area contributed by atoms with Crippen LogP contribution in [0, 0.1) is 40.9 Å². The normalized spacial score (nSPS) is 34.7. The maximum absolute atomic E-state index is 13.7. The summed E-state index contributed by atoms with van der Waals surface area (Å²) in [5.41, 5.74) is -0.302. The first-order chi connectivity index (χ1) is 12.5. The van der Waals surface area contributed by atoms with Gasteiger partial charge in [0.05, 0.1) is 17.4 Å². The molecule has 1 fully saturated rings. The van der Waals surface area contributed by atoms with E-state index in [1.807, 2.05) is 26.0 Å². The number of hydrogen-bond acceptors (Lipinski definition) is 5. The Balaban J connectivity index is 2.01. The Hall–Kier alpha value is -2.52. The number of ketones is 1. The number of rotatable bonds is 3. The van der Waals surface area contributed by atoms with Crippen LogP contribution in [-0.2, 0) is 19.7 Å². The van der Waals surface area contributed by atoms with E-state index in [2.05, 4.69) is 11.1 Å². The van der Waals surface area contributed by atoms with Crippen LogP contribution in [0.3, 0.4) is 0 Å². The van der Waals surface area contributed by atoms with Crippen LogP contribution in [0.5, 0.6) is 0 Å². The lowest BCUT2D eigenvalue weighted by atomic mass is 9.63. The topological polar surface area (TPSA) is 83.3 Å². The van der Waals surface area contributed by atoms with E-state index in [-0.39, 0.29) is 42.1 Å². The Morgan fingerprint density at radius 1 is 1.42 bits per heavy atom. The molecule has 5 atom stereocenters. The van der Waals surface area contributed by atoms with E-state index in [9.17, 15) is 14.9 Å². The van der Waals surface area contributed by atoms with Gasteiger partial charge in [-0.2, -0.15) is 5.26 Å². The van der Waals surface area contributed by atoms with Crippen molar-refractivity contribution in [3.8, 4) is 6.07 Å². The average molecular weight is 351 g/mol. The summed E-state index contributed by atoms with van der Waals surface area (Å²) in [7, 11) is 1.53. The van der Waals surface area contributed by atoms with Crippen LogP contribution in [0.15, 0.2) is 30.5 Å². The Morgan fingerprint density at radius 3 is 2.85 bits per heavy atom. The molecule has 1 aromatic rings. The second kappa shape index (κ2) is 5.75. The van der Waals surface area contributed by atoms with E-state index in [1.165, 1.54) is 12.0 Å². The summed E-state index contributed by atoms with van der Waals surface area (Å²) in [6.45, 7) is 4.13. The lowest BCUT2D eigenvalue weighted by molar-refractivity contribution is -0.128. The van der Waals surface area contributed by atoms with E-state index in [0.29, 0.717) is 5.82 Å². The molecule has 0 bridgehead atoms. The predicted octanol–water partition coefficient (Wildman–Crippen LogP) is 2.07. The molecule has 1 aromatic heterocycles. The number of anilines is 1. The summed E-state index contributed by atoms with van der Waals surface area (Å²) < 4.78 is 5.24. The van der Waals surface area contributed by atoms with Crippen molar-refractivity contribution in [3.63, 3.8) is 0 Å². The van der Waals surface area contributed by atoms with E-state index in [1.54, 1.807) is 18.3 Å². The third-order valence-electron chi connectivity index (χ3n) is 6.22. The molecular weight excluding hydrogens is 330 g/mol. The molecular formula is C20H21N3O3. The molecule has 1 saturated carbocycles. The molecule has 1 aliphatic heterocycles. The maximum Gasteiger partial charge on any atom is 0.242 e. The van der Waals surface area contributed by atoms with Gasteiger partial charge in [-0.1, -0.05) is 26.0 Å². The van der Waals surface area contributed by atoms with Crippen molar-refractivity contribution < 1.29 is 14.3 Å². The number of carbonyl (C=O) groups is 2. The fourth-order valence-corrected chi connectivity index (χ4v) is 5.52. The van der Waals surface area contributed by atoms with Crippen molar-refractivity contribution in [2.45, 2.75) is 19.3 Å². The van der Waals surface area contributed by atoms with Crippen LogP contribution in [0.1, 0.15) is 19.4 Å². The first-order valence-corrected chi connectivity index (χ1v) is 8.88. The van der Waals surface area contributed by atoms with Crippen LogP contribution in [0.2, 0.25) is 0 Å². The summed E-state index contributed by atoms with van der Waals surface area (Å²) in [5.74, 6) is -0.968. The number of fused-ring (bicyclic) bond motifs is 3. The summed E-state index contributed by atoms with van der Waals surface area (Å²) in [6.07, 6.45) is 5.05. The zero-order valence-electron chi connectivity index (χ0n) is 15.0. The second-order valence-corrected chi connectivity index (χ2v) is 7.64. The van der Waals surface area contributed by atoms with Gasteiger partial charge >= 0.3 is 0 Å². The quantitative estimate of drug-likeness (QED) is 0.832. The molecule has 6 heteroatoms. The van der Waals surface area contributed by atoms with E-state index in [0.717, 1.165) is 5.56 Å². The number of allylic oxidation sites excluding steroid dienone is 2. The van der Waals surface area contributed by atoms with E-state index >= 15 is 0 Å². The largest absolute Gasteiger partial charge is 0.364 e. The minimum absolute atomic E-state index is 0.0225. The SMILES string of the molecule is COCN1C(=O)[C@@]2(c3cccnc31)[C@H](C(C)C)[C@H]1C(=O)C=C[C@H]1[C@@H]2C#N. The molecule has 0 unspecified atom stereocenters. The highest BCUT2D eigenvalue weighted by atomic mass is 16.5. The van der Waals surface area contributed by atoms with Crippen molar-refractivity contribution in [2.24, 2.45) is 29.6 Å². The molecule has 6 nitrogen and oxygen atoms in total. The lowest BCUT2D eigenvalue weighted by Crippen LogP contribution is -2.50. The highest BCUT2D eigenvalue weighted by Gasteiger charge is 2.71. The Kier molecular flexibility index (Phi) is 3.74. The first kappa shape index (κ1) is 16.9. The number of hydrogen-bond donors (Lipinski definition) is 0.